The smallest absolute Gasteiger partial charge is 0.116 e. The van der Waals surface area contributed by atoms with Gasteiger partial charge in [0.2, 0.25) is 0 Å². The Kier molecular flexibility index (Phi) is 3.21. The largest absolute Gasteiger partial charge is 0.508 e. The summed E-state index contributed by atoms with van der Waals surface area (Å²) in [5.74, 6) is 0.308. The standard InChI is InChI=1S/C20H20O/c1-20(2,3)16-9-7-14(8-10-16)18-6-4-5-15-13-17(21)11-12-19(15)18/h4-13,21H,1-3H3. The van der Waals surface area contributed by atoms with E-state index in [4.69, 9.17) is 0 Å². The quantitative estimate of drug-likeness (QED) is 0.621. The molecule has 3 aromatic carbocycles. The average Bonchev–Trinajstić information content (AvgIpc) is 2.45. The van der Waals surface area contributed by atoms with E-state index in [-0.39, 0.29) is 5.41 Å². The van der Waals surface area contributed by atoms with E-state index in [1.165, 1.54) is 22.1 Å². The average molecular weight is 276 g/mol. The molecule has 0 heterocycles. The number of phenols is 1. The van der Waals surface area contributed by atoms with Crippen molar-refractivity contribution in [1.29, 1.82) is 0 Å². The SMILES string of the molecule is CC(C)(C)c1ccc(-c2cccc3cc(O)ccc23)cc1. The van der Waals surface area contributed by atoms with Crippen LogP contribution in [0.4, 0.5) is 0 Å². The van der Waals surface area contributed by atoms with Gasteiger partial charge in [0.25, 0.3) is 0 Å². The molecule has 0 bridgehead atoms. The molecule has 1 nitrogen and oxygen atoms in total. The van der Waals surface area contributed by atoms with E-state index in [2.05, 4.69) is 51.1 Å². The molecular weight excluding hydrogens is 256 g/mol. The molecule has 3 rings (SSSR count). The van der Waals surface area contributed by atoms with Crippen LogP contribution in [0.2, 0.25) is 0 Å². The molecule has 0 aromatic heterocycles. The minimum atomic E-state index is 0.170. The summed E-state index contributed by atoms with van der Waals surface area (Å²) in [7, 11) is 0. The maximum atomic E-state index is 9.62. The van der Waals surface area contributed by atoms with Crippen LogP contribution < -0.4 is 0 Å². The third kappa shape index (κ3) is 2.64. The van der Waals surface area contributed by atoms with Crippen molar-refractivity contribution in [3.05, 3.63) is 66.2 Å². The topological polar surface area (TPSA) is 20.2 Å². The summed E-state index contributed by atoms with van der Waals surface area (Å²) in [4.78, 5) is 0. The molecule has 0 aliphatic carbocycles. The van der Waals surface area contributed by atoms with Crippen molar-refractivity contribution in [3.8, 4) is 16.9 Å². The summed E-state index contributed by atoms with van der Waals surface area (Å²) in [5, 5.41) is 11.8. The lowest BCUT2D eigenvalue weighted by atomic mass is 9.86. The van der Waals surface area contributed by atoms with E-state index >= 15 is 0 Å². The first-order valence-electron chi connectivity index (χ1n) is 7.28. The molecule has 0 atom stereocenters. The molecule has 1 N–H and O–H groups in total. The molecule has 0 saturated carbocycles. The Morgan fingerprint density at radius 3 is 2.19 bits per heavy atom. The summed E-state index contributed by atoms with van der Waals surface area (Å²) in [5.41, 5.74) is 3.92. The summed E-state index contributed by atoms with van der Waals surface area (Å²) in [6.45, 7) is 6.67. The predicted molar refractivity (Wildman–Crippen MR) is 89.7 cm³/mol. The second-order valence-corrected chi connectivity index (χ2v) is 6.54. The third-order valence-electron chi connectivity index (χ3n) is 3.93. The highest BCUT2D eigenvalue weighted by molar-refractivity contribution is 5.97. The van der Waals surface area contributed by atoms with Crippen molar-refractivity contribution in [2.24, 2.45) is 0 Å². The van der Waals surface area contributed by atoms with E-state index in [0.717, 1.165) is 5.39 Å². The van der Waals surface area contributed by atoms with Gasteiger partial charge in [-0.15, -0.1) is 0 Å². The van der Waals surface area contributed by atoms with Gasteiger partial charge in [-0.2, -0.15) is 0 Å². The molecule has 106 valence electrons. The second kappa shape index (κ2) is 4.92. The lowest BCUT2D eigenvalue weighted by Crippen LogP contribution is -2.10. The Bertz CT molecular complexity index is 777. The van der Waals surface area contributed by atoms with E-state index in [1.54, 1.807) is 6.07 Å². The Morgan fingerprint density at radius 1 is 0.810 bits per heavy atom. The fourth-order valence-corrected chi connectivity index (χ4v) is 2.67. The Hall–Kier alpha value is -2.28. The number of aromatic hydroxyl groups is 1. The van der Waals surface area contributed by atoms with Gasteiger partial charge in [0, 0.05) is 0 Å². The van der Waals surface area contributed by atoms with Crippen LogP contribution in [0.3, 0.4) is 0 Å². The molecule has 0 radical (unpaired) electrons. The van der Waals surface area contributed by atoms with Crippen LogP contribution in [0.5, 0.6) is 5.75 Å². The summed E-state index contributed by atoms with van der Waals surface area (Å²) in [6.07, 6.45) is 0. The number of fused-ring (bicyclic) bond motifs is 1. The van der Waals surface area contributed by atoms with Crippen molar-refractivity contribution in [2.75, 3.05) is 0 Å². The van der Waals surface area contributed by atoms with Crippen LogP contribution in [-0.2, 0) is 5.41 Å². The monoisotopic (exact) mass is 276 g/mol. The van der Waals surface area contributed by atoms with Gasteiger partial charge in [-0.3, -0.25) is 0 Å². The molecule has 0 spiro atoms. The van der Waals surface area contributed by atoms with E-state index in [9.17, 15) is 5.11 Å². The van der Waals surface area contributed by atoms with Crippen LogP contribution in [0, 0.1) is 0 Å². The third-order valence-corrected chi connectivity index (χ3v) is 3.93. The molecule has 1 heteroatoms. The van der Waals surface area contributed by atoms with Crippen molar-refractivity contribution in [1.82, 2.24) is 0 Å². The van der Waals surface area contributed by atoms with E-state index in [0.29, 0.717) is 5.75 Å². The molecule has 21 heavy (non-hydrogen) atoms. The molecule has 3 aromatic rings. The Morgan fingerprint density at radius 2 is 1.52 bits per heavy atom. The summed E-state index contributed by atoms with van der Waals surface area (Å²) >= 11 is 0. The van der Waals surface area contributed by atoms with E-state index < -0.39 is 0 Å². The first kappa shape index (κ1) is 13.7. The summed E-state index contributed by atoms with van der Waals surface area (Å²) < 4.78 is 0. The van der Waals surface area contributed by atoms with Crippen LogP contribution >= 0.6 is 0 Å². The Labute approximate surface area is 125 Å². The van der Waals surface area contributed by atoms with Crippen LogP contribution in [0.1, 0.15) is 26.3 Å². The molecule has 0 fully saturated rings. The highest BCUT2D eigenvalue weighted by Crippen LogP contribution is 2.32. The molecule has 0 saturated heterocycles. The van der Waals surface area contributed by atoms with Gasteiger partial charge >= 0.3 is 0 Å². The van der Waals surface area contributed by atoms with Gasteiger partial charge in [0.1, 0.15) is 5.75 Å². The van der Waals surface area contributed by atoms with Crippen molar-refractivity contribution in [2.45, 2.75) is 26.2 Å². The fourth-order valence-electron chi connectivity index (χ4n) is 2.67. The highest BCUT2D eigenvalue weighted by Gasteiger charge is 2.13. The van der Waals surface area contributed by atoms with Gasteiger partial charge in [-0.25, -0.2) is 0 Å². The second-order valence-electron chi connectivity index (χ2n) is 6.54. The molecular formula is C20H20O. The zero-order valence-electron chi connectivity index (χ0n) is 12.7. The van der Waals surface area contributed by atoms with Crippen LogP contribution in [0.25, 0.3) is 21.9 Å². The molecule has 0 aliphatic heterocycles. The van der Waals surface area contributed by atoms with Gasteiger partial charge in [0.05, 0.1) is 0 Å². The molecule has 0 unspecified atom stereocenters. The fraction of sp³-hybridized carbons (Fsp3) is 0.200. The molecule has 0 aliphatic rings. The maximum absolute atomic E-state index is 9.62. The van der Waals surface area contributed by atoms with Crippen LogP contribution in [-0.4, -0.2) is 5.11 Å². The van der Waals surface area contributed by atoms with Crippen molar-refractivity contribution >= 4 is 10.8 Å². The van der Waals surface area contributed by atoms with Gasteiger partial charge in [0.15, 0.2) is 0 Å². The number of benzene rings is 3. The highest BCUT2D eigenvalue weighted by atomic mass is 16.3. The number of hydrogen-bond donors (Lipinski definition) is 1. The van der Waals surface area contributed by atoms with Gasteiger partial charge < -0.3 is 5.11 Å². The van der Waals surface area contributed by atoms with Crippen LogP contribution in [0.15, 0.2) is 60.7 Å². The van der Waals surface area contributed by atoms with Gasteiger partial charge in [-0.1, -0.05) is 69.3 Å². The minimum Gasteiger partial charge on any atom is -0.508 e. The zero-order chi connectivity index (χ0) is 15.0. The minimum absolute atomic E-state index is 0.170. The zero-order valence-corrected chi connectivity index (χ0v) is 12.7. The lowest BCUT2D eigenvalue weighted by molar-refractivity contribution is 0.476. The number of hydrogen-bond acceptors (Lipinski definition) is 1. The first-order chi connectivity index (χ1) is 9.95. The predicted octanol–water partition coefficient (Wildman–Crippen LogP) is 5.51. The first-order valence-corrected chi connectivity index (χ1v) is 7.28. The van der Waals surface area contributed by atoms with Crippen molar-refractivity contribution in [3.63, 3.8) is 0 Å². The summed E-state index contributed by atoms with van der Waals surface area (Å²) in [6, 6.07) is 20.5. The number of phenolic OH excluding ortho intramolecular Hbond substituents is 1. The number of rotatable bonds is 1. The Balaban J connectivity index is 2.12. The normalized spacial score (nSPS) is 11.8. The van der Waals surface area contributed by atoms with Crippen molar-refractivity contribution < 1.29 is 5.11 Å². The lowest BCUT2D eigenvalue weighted by Gasteiger charge is -2.19. The van der Waals surface area contributed by atoms with E-state index in [1.807, 2.05) is 24.3 Å². The molecule has 0 amide bonds. The van der Waals surface area contributed by atoms with Gasteiger partial charge in [-0.05, 0) is 45.0 Å². The maximum Gasteiger partial charge on any atom is 0.116 e.